The molecular formula is C28H34N2O9. The Kier molecular flexibility index (Phi) is 5.08. The van der Waals surface area contributed by atoms with Crippen LogP contribution in [-0.4, -0.2) is 86.4 Å². The van der Waals surface area contributed by atoms with Gasteiger partial charge >= 0.3 is 11.9 Å². The summed E-state index contributed by atoms with van der Waals surface area (Å²) in [6.45, 7) is 5.59. The summed E-state index contributed by atoms with van der Waals surface area (Å²) in [6, 6.07) is 2.71. The van der Waals surface area contributed by atoms with Crippen LogP contribution in [-0.2, 0) is 38.8 Å². The molecule has 5 heterocycles. The summed E-state index contributed by atoms with van der Waals surface area (Å²) in [4.78, 5) is 59.3. The minimum absolute atomic E-state index is 0.00736. The molecule has 5 aliphatic heterocycles. The smallest absolute Gasteiger partial charge is 0.348 e. The Labute approximate surface area is 226 Å². The van der Waals surface area contributed by atoms with E-state index in [1.165, 1.54) is 21.3 Å². The van der Waals surface area contributed by atoms with Gasteiger partial charge in [0.15, 0.2) is 23.0 Å². The van der Waals surface area contributed by atoms with Gasteiger partial charge in [0.05, 0.1) is 44.6 Å². The van der Waals surface area contributed by atoms with Gasteiger partial charge in [0.1, 0.15) is 5.60 Å². The Bertz CT molecular complexity index is 1340. The second-order valence-electron chi connectivity index (χ2n) is 12.2. The molecule has 1 amide bonds. The normalized spacial score (nSPS) is 35.5. The predicted octanol–water partition coefficient (Wildman–Crippen LogP) is 1.73. The number of anilines is 1. The Hall–Kier alpha value is -3.34. The van der Waals surface area contributed by atoms with Crippen LogP contribution in [0.5, 0.6) is 11.5 Å². The van der Waals surface area contributed by atoms with Gasteiger partial charge < -0.3 is 33.5 Å². The molecule has 5 aliphatic rings. The Morgan fingerprint density at radius 1 is 1.10 bits per heavy atom. The molecule has 1 aromatic rings. The summed E-state index contributed by atoms with van der Waals surface area (Å²) in [6.07, 6.45) is 0.394. The van der Waals surface area contributed by atoms with Crippen molar-refractivity contribution >= 4 is 29.3 Å². The second-order valence-corrected chi connectivity index (χ2v) is 12.2. The molecular weight excluding hydrogens is 508 g/mol. The van der Waals surface area contributed by atoms with Crippen LogP contribution in [0.15, 0.2) is 12.1 Å². The third-order valence-corrected chi connectivity index (χ3v) is 9.39. The van der Waals surface area contributed by atoms with Crippen LogP contribution >= 0.6 is 0 Å². The van der Waals surface area contributed by atoms with Crippen molar-refractivity contribution in [3.63, 3.8) is 0 Å². The number of fused-ring (bicyclic) bond motifs is 3. The summed E-state index contributed by atoms with van der Waals surface area (Å²) in [5, 5.41) is 0. The van der Waals surface area contributed by atoms with Crippen molar-refractivity contribution in [2.45, 2.75) is 74.8 Å². The van der Waals surface area contributed by atoms with E-state index >= 15 is 0 Å². The number of carbonyl (C=O) groups excluding carboxylic acids is 4. The third kappa shape index (κ3) is 2.63. The first-order valence-electron chi connectivity index (χ1n) is 13.2. The molecule has 210 valence electrons. The van der Waals surface area contributed by atoms with E-state index < -0.39 is 51.5 Å². The molecule has 4 saturated heterocycles. The fourth-order valence-corrected chi connectivity index (χ4v) is 8.50. The molecule has 6 rings (SSSR count). The number of ketones is 1. The summed E-state index contributed by atoms with van der Waals surface area (Å²) in [5.41, 5.74) is -5.74. The molecule has 11 nitrogen and oxygen atoms in total. The number of methoxy groups -OCH3 is 3. The first kappa shape index (κ1) is 25.9. The van der Waals surface area contributed by atoms with Gasteiger partial charge in [0.25, 0.3) is 0 Å². The highest BCUT2D eigenvalue weighted by Gasteiger charge is 2.96. The van der Waals surface area contributed by atoms with Crippen LogP contribution in [0.1, 0.15) is 52.0 Å². The lowest BCUT2D eigenvalue weighted by molar-refractivity contribution is -0.214. The highest BCUT2D eigenvalue weighted by atomic mass is 16.6. The monoisotopic (exact) mass is 542 g/mol. The van der Waals surface area contributed by atoms with Gasteiger partial charge in [-0.1, -0.05) is 0 Å². The lowest BCUT2D eigenvalue weighted by Gasteiger charge is -2.56. The number of carbonyl (C=O) groups is 4. The lowest BCUT2D eigenvalue weighted by Crippen LogP contribution is -2.75. The molecule has 1 aromatic carbocycles. The number of hydrogen-bond acceptors (Lipinski definition) is 10. The number of rotatable bonds is 5. The van der Waals surface area contributed by atoms with Crippen LogP contribution in [0, 0.1) is 5.41 Å². The topological polar surface area (TPSA) is 121 Å². The predicted molar refractivity (Wildman–Crippen MR) is 135 cm³/mol. The average molecular weight is 543 g/mol. The van der Waals surface area contributed by atoms with Crippen molar-refractivity contribution in [3.8, 4) is 11.5 Å². The average Bonchev–Trinajstić information content (AvgIpc) is 3.46. The van der Waals surface area contributed by atoms with E-state index in [1.54, 1.807) is 38.8 Å². The fourth-order valence-electron chi connectivity index (χ4n) is 8.50. The van der Waals surface area contributed by atoms with E-state index in [1.807, 2.05) is 11.0 Å². The maximum absolute atomic E-state index is 14.8. The second kappa shape index (κ2) is 7.65. The number of Topliss-reactive ketones (excluding diaryl/α,β-unsaturated/α-hetero) is 1. The van der Waals surface area contributed by atoms with E-state index in [4.69, 9.17) is 23.7 Å². The summed E-state index contributed by atoms with van der Waals surface area (Å²) >= 11 is 0. The van der Waals surface area contributed by atoms with Crippen LogP contribution < -0.4 is 14.4 Å². The van der Waals surface area contributed by atoms with Crippen molar-refractivity contribution < 1.29 is 42.9 Å². The first-order chi connectivity index (χ1) is 18.3. The zero-order chi connectivity index (χ0) is 28.3. The molecule has 0 unspecified atom stereocenters. The first-order valence-corrected chi connectivity index (χ1v) is 13.2. The van der Waals surface area contributed by atoms with Gasteiger partial charge in [-0.05, 0) is 45.2 Å². The van der Waals surface area contributed by atoms with Gasteiger partial charge in [-0.25, -0.2) is 4.79 Å². The Morgan fingerprint density at radius 3 is 2.38 bits per heavy atom. The lowest BCUT2D eigenvalue weighted by atomic mass is 9.48. The molecule has 4 fully saturated rings. The molecule has 5 atom stereocenters. The van der Waals surface area contributed by atoms with E-state index in [9.17, 15) is 19.2 Å². The number of amides is 1. The van der Waals surface area contributed by atoms with Gasteiger partial charge in [-0.15, -0.1) is 0 Å². The van der Waals surface area contributed by atoms with E-state index in [2.05, 4.69) is 0 Å². The Morgan fingerprint density at radius 2 is 1.77 bits per heavy atom. The number of ether oxygens (including phenoxy) is 5. The number of nitrogens with zero attached hydrogens (tertiary/aromatic N) is 2. The SMILES string of the molecule is COC(=O)[C@@]12O[C@@]34N(CCC[C@]3(CC(=O)OC(C)(C)C)C1=O)C(=O)C[C@]41c3cc(OC)c(OC)cc3N(C)[C@H]21. The number of hydrogen-bond donors (Lipinski definition) is 0. The maximum Gasteiger partial charge on any atom is 0.348 e. The third-order valence-electron chi connectivity index (χ3n) is 9.39. The van der Waals surface area contributed by atoms with Crippen LogP contribution in [0.3, 0.4) is 0 Å². The van der Waals surface area contributed by atoms with Gasteiger partial charge in [0.2, 0.25) is 11.5 Å². The number of likely N-dealkylation sites (N-methyl/N-ethyl adjacent to an activating group) is 1. The van der Waals surface area contributed by atoms with E-state index in [0.717, 1.165) is 0 Å². The highest BCUT2D eigenvalue weighted by molar-refractivity contribution is 6.18. The van der Waals surface area contributed by atoms with Gasteiger partial charge in [-0.2, -0.15) is 0 Å². The van der Waals surface area contributed by atoms with Crippen molar-refractivity contribution in [1.29, 1.82) is 0 Å². The molecule has 2 bridgehead atoms. The largest absolute Gasteiger partial charge is 0.493 e. The number of esters is 2. The van der Waals surface area contributed by atoms with Crippen LogP contribution in [0.2, 0.25) is 0 Å². The van der Waals surface area contributed by atoms with E-state index in [-0.39, 0.29) is 25.2 Å². The molecule has 2 spiro atoms. The summed E-state index contributed by atoms with van der Waals surface area (Å²) in [5.74, 6) is -1.26. The maximum atomic E-state index is 14.8. The minimum atomic E-state index is -2.06. The minimum Gasteiger partial charge on any atom is -0.493 e. The standard InChI is InChI=1S/C28H34N2O9/c1-24(2,3)38-20(32)14-25-9-8-10-30-19(31)13-26-15-11-17(35-5)18(36-6)12-16(15)29(4)21(26)27(22(25)33,23(34)37-7)39-28(25,26)30/h11-12,21H,8-10,13-14H2,1-7H3/t21-,25-,26+,27-,28-/m0/s1. The zero-order valence-electron chi connectivity index (χ0n) is 23.3. The van der Waals surface area contributed by atoms with Crippen LogP contribution in [0.4, 0.5) is 5.69 Å². The zero-order valence-corrected chi connectivity index (χ0v) is 23.3. The van der Waals surface area contributed by atoms with Crippen molar-refractivity contribution in [2.24, 2.45) is 5.41 Å². The number of piperidine rings is 1. The quantitative estimate of drug-likeness (QED) is 0.402. The van der Waals surface area contributed by atoms with Crippen molar-refractivity contribution in [3.05, 3.63) is 17.7 Å². The summed E-state index contributed by atoms with van der Waals surface area (Å²) < 4.78 is 28.9. The van der Waals surface area contributed by atoms with E-state index in [0.29, 0.717) is 35.7 Å². The molecule has 0 N–H and O–H groups in total. The van der Waals surface area contributed by atoms with Crippen molar-refractivity contribution in [1.82, 2.24) is 4.90 Å². The molecule has 39 heavy (non-hydrogen) atoms. The molecule has 11 heteroatoms. The van der Waals surface area contributed by atoms with Crippen molar-refractivity contribution in [2.75, 3.05) is 39.8 Å². The fraction of sp³-hybridized carbons (Fsp3) is 0.643. The molecule has 0 saturated carbocycles. The number of benzene rings is 1. The van der Waals surface area contributed by atoms with Gasteiger partial charge in [-0.3, -0.25) is 14.4 Å². The molecule has 0 radical (unpaired) electrons. The Balaban J connectivity index is 1.68. The van der Waals surface area contributed by atoms with Gasteiger partial charge in [0, 0.05) is 31.8 Å². The highest BCUT2D eigenvalue weighted by Crippen LogP contribution is 2.78. The van der Waals surface area contributed by atoms with Crippen LogP contribution in [0.25, 0.3) is 0 Å². The summed E-state index contributed by atoms with van der Waals surface area (Å²) in [7, 11) is 6.03. The molecule has 0 aromatic heterocycles. The molecule has 0 aliphatic carbocycles.